The largest absolute Gasteiger partial charge is 0.338 e. The Hall–Kier alpha value is -2.69. The van der Waals surface area contributed by atoms with Crippen LogP contribution in [0.4, 0.5) is 9.18 Å². The van der Waals surface area contributed by atoms with Gasteiger partial charge in [0.1, 0.15) is 5.82 Å². The van der Waals surface area contributed by atoms with E-state index in [1.54, 1.807) is 11.0 Å². The lowest BCUT2D eigenvalue weighted by Crippen LogP contribution is -2.45. The zero-order valence-corrected chi connectivity index (χ0v) is 14.7. The van der Waals surface area contributed by atoms with E-state index in [1.807, 2.05) is 36.4 Å². The molecule has 0 spiro atoms. The zero-order chi connectivity index (χ0) is 18.4. The molecule has 2 aromatic carbocycles. The van der Waals surface area contributed by atoms with Gasteiger partial charge in [-0.15, -0.1) is 0 Å². The maximum atomic E-state index is 13.1. The molecule has 1 aliphatic heterocycles. The highest BCUT2D eigenvalue weighted by Gasteiger charge is 2.27. The number of rotatable bonds is 5. The first-order valence-electron chi connectivity index (χ1n) is 9.00. The Morgan fingerprint density at radius 2 is 1.77 bits per heavy atom. The SMILES string of the molecule is O=C(c1ccccc1)C1CCN(C(=O)NCCc2cccc(F)c2)CC1. The van der Waals surface area contributed by atoms with E-state index in [0.717, 1.165) is 11.1 Å². The molecule has 0 radical (unpaired) electrons. The first-order chi connectivity index (χ1) is 12.6. The summed E-state index contributed by atoms with van der Waals surface area (Å²) < 4.78 is 13.1. The van der Waals surface area contributed by atoms with Crippen LogP contribution in [0.5, 0.6) is 0 Å². The summed E-state index contributed by atoms with van der Waals surface area (Å²) in [5, 5.41) is 2.88. The molecule has 0 unspecified atom stereocenters. The van der Waals surface area contributed by atoms with Gasteiger partial charge >= 0.3 is 6.03 Å². The molecule has 5 heteroatoms. The molecule has 0 aromatic heterocycles. The van der Waals surface area contributed by atoms with Gasteiger partial charge in [-0.2, -0.15) is 0 Å². The van der Waals surface area contributed by atoms with E-state index in [4.69, 9.17) is 0 Å². The monoisotopic (exact) mass is 354 g/mol. The minimum absolute atomic E-state index is 0.0197. The van der Waals surface area contributed by atoms with Gasteiger partial charge in [0, 0.05) is 31.1 Å². The Morgan fingerprint density at radius 1 is 1.04 bits per heavy atom. The van der Waals surface area contributed by atoms with Crippen molar-refractivity contribution in [3.8, 4) is 0 Å². The third-order valence-electron chi connectivity index (χ3n) is 4.79. The number of piperidine rings is 1. The Kier molecular flexibility index (Phi) is 6.00. The van der Waals surface area contributed by atoms with Crippen molar-refractivity contribution in [2.45, 2.75) is 19.3 Å². The van der Waals surface area contributed by atoms with Crippen LogP contribution in [0.1, 0.15) is 28.8 Å². The number of urea groups is 1. The fourth-order valence-electron chi connectivity index (χ4n) is 3.30. The molecule has 1 aliphatic rings. The van der Waals surface area contributed by atoms with Gasteiger partial charge in [-0.3, -0.25) is 4.79 Å². The van der Waals surface area contributed by atoms with Crippen LogP contribution >= 0.6 is 0 Å². The summed E-state index contributed by atoms with van der Waals surface area (Å²) in [4.78, 5) is 26.5. The van der Waals surface area contributed by atoms with Gasteiger partial charge in [-0.1, -0.05) is 42.5 Å². The van der Waals surface area contributed by atoms with E-state index in [9.17, 15) is 14.0 Å². The predicted molar refractivity (Wildman–Crippen MR) is 98.6 cm³/mol. The van der Waals surface area contributed by atoms with E-state index in [0.29, 0.717) is 38.9 Å². The first-order valence-corrected chi connectivity index (χ1v) is 9.00. The molecular formula is C21H23FN2O2. The number of nitrogens with one attached hydrogen (secondary N) is 1. The molecule has 2 aromatic rings. The number of halogens is 1. The molecule has 2 amide bonds. The smallest absolute Gasteiger partial charge is 0.317 e. The van der Waals surface area contributed by atoms with Gasteiger partial charge in [0.05, 0.1) is 0 Å². The highest BCUT2D eigenvalue weighted by Crippen LogP contribution is 2.21. The van der Waals surface area contributed by atoms with E-state index < -0.39 is 0 Å². The van der Waals surface area contributed by atoms with Crippen LogP contribution in [0.2, 0.25) is 0 Å². The van der Waals surface area contributed by atoms with E-state index >= 15 is 0 Å². The molecule has 0 atom stereocenters. The Labute approximate surface area is 153 Å². The maximum absolute atomic E-state index is 13.1. The third-order valence-corrected chi connectivity index (χ3v) is 4.79. The van der Waals surface area contributed by atoms with Crippen LogP contribution in [0, 0.1) is 11.7 Å². The van der Waals surface area contributed by atoms with Crippen LogP contribution < -0.4 is 5.32 Å². The molecule has 0 saturated carbocycles. The average Bonchev–Trinajstić information content (AvgIpc) is 2.68. The lowest BCUT2D eigenvalue weighted by molar-refractivity contribution is 0.0854. The molecule has 1 heterocycles. The van der Waals surface area contributed by atoms with Crippen LogP contribution in [0.25, 0.3) is 0 Å². The molecule has 3 rings (SSSR count). The van der Waals surface area contributed by atoms with E-state index in [2.05, 4.69) is 5.32 Å². The third kappa shape index (κ3) is 4.69. The van der Waals surface area contributed by atoms with Crippen molar-refractivity contribution < 1.29 is 14.0 Å². The van der Waals surface area contributed by atoms with Crippen molar-refractivity contribution in [3.05, 3.63) is 71.5 Å². The molecule has 26 heavy (non-hydrogen) atoms. The molecule has 4 nitrogen and oxygen atoms in total. The summed E-state index contributed by atoms with van der Waals surface area (Å²) in [5.41, 5.74) is 1.60. The average molecular weight is 354 g/mol. The Balaban J connectivity index is 1.43. The number of hydrogen-bond donors (Lipinski definition) is 1. The lowest BCUT2D eigenvalue weighted by atomic mass is 9.89. The number of hydrogen-bond acceptors (Lipinski definition) is 2. The number of carbonyl (C=O) groups is 2. The predicted octanol–water partition coefficient (Wildman–Crippen LogP) is 3.67. The van der Waals surface area contributed by atoms with Gasteiger partial charge in [-0.05, 0) is 37.0 Å². The molecule has 0 aliphatic carbocycles. The van der Waals surface area contributed by atoms with E-state index in [1.165, 1.54) is 12.1 Å². The molecule has 1 fully saturated rings. The fraction of sp³-hybridized carbons (Fsp3) is 0.333. The highest BCUT2D eigenvalue weighted by atomic mass is 19.1. The number of ketones is 1. The fourth-order valence-corrected chi connectivity index (χ4v) is 3.30. The minimum Gasteiger partial charge on any atom is -0.338 e. The number of nitrogens with zero attached hydrogens (tertiary/aromatic N) is 1. The Bertz CT molecular complexity index is 756. The van der Waals surface area contributed by atoms with Crippen molar-refractivity contribution in [2.75, 3.05) is 19.6 Å². The summed E-state index contributed by atoms with van der Waals surface area (Å²) in [6, 6.07) is 15.6. The standard InChI is InChI=1S/C21H23FN2O2/c22-19-8-4-5-16(15-19)9-12-23-21(26)24-13-10-18(11-14-24)20(25)17-6-2-1-3-7-17/h1-8,15,18H,9-14H2,(H,23,26). The quantitative estimate of drug-likeness (QED) is 0.833. The van der Waals surface area contributed by atoms with Crippen molar-refractivity contribution >= 4 is 11.8 Å². The summed E-state index contributed by atoms with van der Waals surface area (Å²) in [6.45, 7) is 1.62. The van der Waals surface area contributed by atoms with Gasteiger partial charge in [0.25, 0.3) is 0 Å². The van der Waals surface area contributed by atoms with Gasteiger partial charge in [-0.25, -0.2) is 9.18 Å². The summed E-state index contributed by atoms with van der Waals surface area (Å²) in [5.74, 6) is -0.121. The molecule has 0 bridgehead atoms. The van der Waals surface area contributed by atoms with Crippen LogP contribution in [-0.2, 0) is 6.42 Å². The van der Waals surface area contributed by atoms with Crippen LogP contribution in [0.3, 0.4) is 0 Å². The maximum Gasteiger partial charge on any atom is 0.317 e. The van der Waals surface area contributed by atoms with Crippen LogP contribution in [-0.4, -0.2) is 36.3 Å². The van der Waals surface area contributed by atoms with Gasteiger partial charge in [0.2, 0.25) is 0 Å². The summed E-state index contributed by atoms with van der Waals surface area (Å²) in [6.07, 6.45) is 1.96. The Morgan fingerprint density at radius 3 is 2.46 bits per heavy atom. The minimum atomic E-state index is -0.265. The summed E-state index contributed by atoms with van der Waals surface area (Å²) >= 11 is 0. The number of benzene rings is 2. The number of Topliss-reactive ketones (excluding diaryl/α,β-unsaturated/α-hetero) is 1. The second-order valence-corrected chi connectivity index (χ2v) is 6.60. The van der Waals surface area contributed by atoms with Crippen molar-refractivity contribution in [2.24, 2.45) is 5.92 Å². The highest BCUT2D eigenvalue weighted by molar-refractivity contribution is 5.97. The number of carbonyl (C=O) groups excluding carboxylic acids is 2. The van der Waals surface area contributed by atoms with Crippen molar-refractivity contribution in [1.29, 1.82) is 0 Å². The van der Waals surface area contributed by atoms with Gasteiger partial charge < -0.3 is 10.2 Å². The second-order valence-electron chi connectivity index (χ2n) is 6.60. The van der Waals surface area contributed by atoms with E-state index in [-0.39, 0.29) is 23.5 Å². The van der Waals surface area contributed by atoms with Gasteiger partial charge in [0.15, 0.2) is 5.78 Å². The van der Waals surface area contributed by atoms with Crippen molar-refractivity contribution in [1.82, 2.24) is 10.2 Å². The zero-order valence-electron chi connectivity index (χ0n) is 14.7. The number of likely N-dealkylation sites (tertiary alicyclic amines) is 1. The topological polar surface area (TPSA) is 49.4 Å². The first kappa shape index (κ1) is 18.1. The second kappa shape index (κ2) is 8.61. The molecule has 1 saturated heterocycles. The normalized spacial score (nSPS) is 14.9. The van der Waals surface area contributed by atoms with Crippen LogP contribution in [0.15, 0.2) is 54.6 Å². The molecular weight excluding hydrogens is 331 g/mol. The summed E-state index contributed by atoms with van der Waals surface area (Å²) in [7, 11) is 0. The number of amides is 2. The molecule has 136 valence electrons. The van der Waals surface area contributed by atoms with Crippen molar-refractivity contribution in [3.63, 3.8) is 0 Å². The lowest BCUT2D eigenvalue weighted by Gasteiger charge is -2.31. The molecule has 1 N–H and O–H groups in total.